The number of anilines is 2. The number of nitriles is 1. The van der Waals surface area contributed by atoms with Crippen LogP contribution in [0.2, 0.25) is 5.15 Å². The van der Waals surface area contributed by atoms with Gasteiger partial charge in [0.1, 0.15) is 56.6 Å². The van der Waals surface area contributed by atoms with Crippen molar-refractivity contribution in [2.75, 3.05) is 64.4 Å². The Balaban J connectivity index is 0.000000546. The molecule has 39 heteroatoms. The molecular weight excluding hydrogens is 1870 g/mol. The molecule has 3 amide bonds. The normalized spacial score (nSPS) is 12.1. The van der Waals surface area contributed by atoms with Gasteiger partial charge in [0, 0.05) is 108 Å². The molecule has 3 fully saturated rings. The van der Waals surface area contributed by atoms with Crippen LogP contribution in [0.15, 0.2) is 157 Å². The van der Waals surface area contributed by atoms with Gasteiger partial charge in [-0.05, 0) is 219 Å². The van der Waals surface area contributed by atoms with E-state index in [1.165, 1.54) is 82.4 Å². The van der Waals surface area contributed by atoms with E-state index in [0.29, 0.717) is 87.7 Å². The van der Waals surface area contributed by atoms with E-state index >= 15 is 0 Å². The number of hydroxylamine groups is 2. The zero-order chi connectivity index (χ0) is 103. The molecule has 14 rings (SSSR count). The molecule has 11 aromatic rings. The second-order valence-electron chi connectivity index (χ2n) is 33.1. The third-order valence-electron chi connectivity index (χ3n) is 19.7. The number of esters is 6. The summed E-state index contributed by atoms with van der Waals surface area (Å²) in [7, 11) is 3.03. The number of amides is 3. The molecule has 7 N–H and O–H groups in total. The number of hydrogen-bond acceptors (Lipinski definition) is 32. The predicted octanol–water partition coefficient (Wildman–Crippen LogP) is 13.7. The number of halogens is 2. The molecule has 36 nitrogen and oxygen atoms in total. The summed E-state index contributed by atoms with van der Waals surface area (Å²) in [6.07, 6.45) is 28.1. The van der Waals surface area contributed by atoms with Gasteiger partial charge in [0.15, 0.2) is 28.2 Å². The van der Waals surface area contributed by atoms with Crippen LogP contribution in [0.1, 0.15) is 273 Å². The minimum atomic E-state index is -0.927. The third kappa shape index (κ3) is 43.9. The van der Waals surface area contributed by atoms with Crippen molar-refractivity contribution in [3.63, 3.8) is 0 Å². The van der Waals surface area contributed by atoms with Gasteiger partial charge in [-0.2, -0.15) is 11.7 Å². The average molecular weight is 2010 g/mol. The van der Waals surface area contributed by atoms with E-state index in [1.54, 1.807) is 134 Å². The molecule has 3 aliphatic rings. The number of nitrogens with one attached hydrogen (secondary N) is 5. The first kappa shape index (κ1) is 125. The number of hydrogen-bond donors (Lipinski definition) is 6. The van der Waals surface area contributed by atoms with Crippen molar-refractivity contribution in [1.82, 2.24) is 70.5 Å². The maximum Gasteiger partial charge on any atom is 2.00 e. The van der Waals surface area contributed by atoms with Crippen molar-refractivity contribution in [1.29, 1.82) is 5.26 Å². The SMILES string of the molecule is C.CCOC(=O)C(=O)Cc1cccnc1C(=O)NC(C)(C)C.CCOC(=O)C(=O)OCC.CCOC(=O)c1cc2cccnc2c(=O)[nH]1.CCOC(=O)c1cc2cccnc2c(Cl)n1.CCOC(=O)c1cc2cccnc2c(NC2CCCC2)n1.CON(C)C(=O)c1cc2cccnc2c(NC2CCCC2)n1.Cc1cccnc1C#N.Cc1cccnc1C(=O)NC(C)(C)C.NC1CCCC1.[CH2-]CCC.[Cl-].[Mg+2]. The molecule has 3 aliphatic carbocycles. The van der Waals surface area contributed by atoms with Gasteiger partial charge in [0.25, 0.3) is 23.3 Å². The number of nitrogens with two attached hydrogens (primary N) is 1. The first-order valence-electron chi connectivity index (χ1n) is 46.1. The molecular formula is C103H134Cl2MgN18O18. The molecule has 0 radical (unpaired) electrons. The molecule has 0 aromatic carbocycles. The summed E-state index contributed by atoms with van der Waals surface area (Å²) < 4.78 is 28.0. The molecule has 142 heavy (non-hydrogen) atoms. The molecule has 3 saturated carbocycles. The van der Waals surface area contributed by atoms with Gasteiger partial charge in [-0.15, -0.1) is 0 Å². The number of H-pyrrole nitrogens is 1. The maximum absolute atomic E-state index is 12.3. The summed E-state index contributed by atoms with van der Waals surface area (Å²) in [6.45, 7) is 32.4. The number of carbonyl (C=O) groups is 10. The predicted molar refractivity (Wildman–Crippen MR) is 544 cm³/mol. The van der Waals surface area contributed by atoms with E-state index in [9.17, 15) is 52.7 Å². The number of ether oxygens (including phenoxy) is 6. The topological polar surface area (TPSA) is 498 Å². The van der Waals surface area contributed by atoms with Crippen LogP contribution in [-0.4, -0.2) is 225 Å². The van der Waals surface area contributed by atoms with E-state index in [-0.39, 0.29) is 127 Å². The van der Waals surface area contributed by atoms with Crippen molar-refractivity contribution < 1.29 is 93.6 Å². The standard InChI is InChI=1S/C16H20N4O2.C16H19N3O2.C15H20N2O4.C11H9ClN2O2.C11H10N2O3.C11H16N2O.C7H6N2.C6H10O4.C5H11N.C4H9.CH4.ClH.Mg/c1-20(22-2)16(21)13-10-11-6-5-9-17-14(11)15(19-13)18-12-7-3-4-8-12;1-2-21-16(20)13-10-11-6-5-9-17-14(11)15(19-13)18-12-7-3-4-8-12;1-5-21-14(20)11(18)9-10-7-6-8-16-12(10)13(19)17-15(2,3)4;1-2-16-11(15)8-6-7-4-3-5-13-9(7)10(12)14-8;1-2-16-11(15)8-6-7-4-3-5-12-9(7)10(14)13-8;1-8-6-5-7-12-9(8)10(14)13-11(2,3)4;1-6-3-2-4-9-7(6)5-8;1-3-9-5(7)6(8)10-4-2;6-5-3-1-2-4-5;1-3-4-2;;;/h5-6,9-10,12H,3-4,7-8H2,1-2H3,(H,18,19);5-6,9-10,12H,2-4,7-8H2,1H3,(H,18,19);6-8H,5,9H2,1-4H3,(H,17,19);3-6H,2H2,1H3;3-6H,2H2,1H3,(H,13,14);5-7H,1-4H3,(H,13,14);2-4H,1H3;3-4H2,1-2H3;5H,1-4,6H2;1,3-4H2,2H3;1H4;1H;/q;;;;;;;;;-1;;;+2/p-1. The van der Waals surface area contributed by atoms with E-state index in [1.807, 2.05) is 116 Å². The average Bonchev–Trinajstić information content (AvgIpc) is 1.11. The molecule has 11 aromatic heterocycles. The van der Waals surface area contributed by atoms with Gasteiger partial charge in [-0.25, -0.2) is 53.8 Å². The number of aromatic amines is 1. The van der Waals surface area contributed by atoms with Gasteiger partial charge >= 0.3 is 58.9 Å². The fourth-order valence-corrected chi connectivity index (χ4v) is 13.3. The Hall–Kier alpha value is -13.3. The second-order valence-corrected chi connectivity index (χ2v) is 33.5. The molecule has 0 saturated heterocycles. The molecule has 0 bridgehead atoms. The zero-order valence-corrected chi connectivity index (χ0v) is 86.4. The van der Waals surface area contributed by atoms with Crippen molar-refractivity contribution in [3.8, 4) is 6.07 Å². The van der Waals surface area contributed by atoms with Gasteiger partial charge in [-0.1, -0.05) is 113 Å². The van der Waals surface area contributed by atoms with Crippen LogP contribution in [0.4, 0.5) is 11.6 Å². The van der Waals surface area contributed by atoms with Gasteiger partial charge in [0.05, 0.1) is 46.8 Å². The molecule has 11 heterocycles. The van der Waals surface area contributed by atoms with Crippen molar-refractivity contribution >= 4 is 149 Å². The summed E-state index contributed by atoms with van der Waals surface area (Å²) in [4.78, 5) is 176. The van der Waals surface area contributed by atoms with Crippen LogP contribution in [0.25, 0.3) is 43.6 Å². The first-order valence-corrected chi connectivity index (χ1v) is 46.5. The van der Waals surface area contributed by atoms with E-state index in [0.717, 1.165) is 70.4 Å². The number of Topliss-reactive ketones (excluding diaryl/α,β-unsaturated/α-hetero) is 1. The second kappa shape index (κ2) is 66.4. The maximum atomic E-state index is 12.3. The van der Waals surface area contributed by atoms with Gasteiger partial charge in [-0.3, -0.25) is 58.7 Å². The molecule has 0 spiro atoms. The smallest absolute Gasteiger partial charge is 1.00 e. The number of aromatic nitrogens is 11. The van der Waals surface area contributed by atoms with Crippen LogP contribution >= 0.6 is 11.6 Å². The summed E-state index contributed by atoms with van der Waals surface area (Å²) in [6, 6.07) is 35.2. The van der Waals surface area contributed by atoms with Crippen LogP contribution in [0.5, 0.6) is 0 Å². The Kier molecular flexibility index (Phi) is 58.4. The van der Waals surface area contributed by atoms with E-state index < -0.39 is 47.1 Å². The van der Waals surface area contributed by atoms with E-state index in [4.69, 9.17) is 41.6 Å². The van der Waals surface area contributed by atoms with Crippen molar-refractivity contribution in [2.45, 2.75) is 237 Å². The number of rotatable bonds is 21. The van der Waals surface area contributed by atoms with Gasteiger partial charge < -0.3 is 79.7 Å². The van der Waals surface area contributed by atoms with Crippen LogP contribution in [0.3, 0.4) is 0 Å². The molecule has 0 atom stereocenters. The quantitative estimate of drug-likeness (QED) is 0.00740. The molecule has 760 valence electrons. The molecule has 0 unspecified atom stereocenters. The minimum absolute atomic E-state index is 0. The summed E-state index contributed by atoms with van der Waals surface area (Å²) in [5.41, 5.74) is 11.4. The fraction of sp³-hybridized carbons (Fsp3) is 0.427. The van der Waals surface area contributed by atoms with Crippen molar-refractivity contribution in [3.05, 3.63) is 232 Å². The van der Waals surface area contributed by atoms with Crippen molar-refractivity contribution in [2.24, 2.45) is 5.73 Å². The number of carbonyl (C=O) groups excluding carboxylic acids is 10. The van der Waals surface area contributed by atoms with Crippen LogP contribution in [-0.2, 0) is 58.9 Å². The Morgan fingerprint density at radius 3 is 1.28 bits per heavy atom. The Bertz CT molecular complexity index is 5950. The number of pyridine rings is 11. The fourth-order valence-electron chi connectivity index (χ4n) is 13.0. The number of nitrogens with zero attached hydrogens (tertiary/aromatic N) is 12. The zero-order valence-electron chi connectivity index (χ0n) is 83.5. The summed E-state index contributed by atoms with van der Waals surface area (Å²) in [5.74, 6) is -4.26. The number of aryl methyl sites for hydroxylation is 2. The summed E-state index contributed by atoms with van der Waals surface area (Å²) in [5, 5.41) is 25.5. The van der Waals surface area contributed by atoms with E-state index in [2.05, 4.69) is 104 Å². The van der Waals surface area contributed by atoms with Crippen LogP contribution < -0.4 is 45.0 Å². The summed E-state index contributed by atoms with van der Waals surface area (Å²) >= 11 is 5.93. The first-order chi connectivity index (χ1) is 66.4. The molecule has 0 aliphatic heterocycles. The largest absolute Gasteiger partial charge is 2.00 e. The Morgan fingerprint density at radius 2 is 0.866 bits per heavy atom. The third-order valence-corrected chi connectivity index (χ3v) is 20.0. The van der Waals surface area contributed by atoms with Crippen LogP contribution in [0, 0.1) is 32.1 Å². The Labute approximate surface area is 857 Å². The Morgan fingerprint density at radius 1 is 0.500 bits per heavy atom. The number of ketones is 1. The number of fused-ring (bicyclic) bond motifs is 4. The minimum Gasteiger partial charge on any atom is -1.00 e. The monoisotopic (exact) mass is 2000 g/mol. The van der Waals surface area contributed by atoms with Gasteiger partial charge in [0.2, 0.25) is 5.78 Å². The number of unbranched alkanes of at least 4 members (excludes halogenated alkanes) is 1.